The number of aromatic hydroxyl groups is 1. The largest absolute Gasteiger partial charge is 0.508 e. The van der Waals surface area contributed by atoms with E-state index in [4.69, 9.17) is 4.74 Å². The van der Waals surface area contributed by atoms with Gasteiger partial charge in [0, 0.05) is 6.08 Å². The number of hydrogen-bond donors (Lipinski definition) is 1. The molecule has 1 rings (SSSR count). The highest BCUT2D eigenvalue weighted by molar-refractivity contribution is 5.87. The molecule has 0 spiro atoms. The number of unbranched alkanes of at least 4 members (excludes halogenated alkanes) is 7. The number of carbonyl (C=O) groups excluding carboxylic acids is 1. The zero-order chi connectivity index (χ0) is 16.0. The van der Waals surface area contributed by atoms with Crippen molar-refractivity contribution in [1.82, 2.24) is 0 Å². The minimum Gasteiger partial charge on any atom is -0.508 e. The second-order valence-corrected chi connectivity index (χ2v) is 5.57. The van der Waals surface area contributed by atoms with Gasteiger partial charge in [-0.2, -0.15) is 0 Å². The highest BCUT2D eigenvalue weighted by Crippen LogP contribution is 2.12. The van der Waals surface area contributed by atoms with Gasteiger partial charge in [-0.05, 0) is 30.2 Å². The monoisotopic (exact) mass is 304 g/mol. The Kier molecular flexibility index (Phi) is 9.84. The van der Waals surface area contributed by atoms with Crippen LogP contribution in [0.25, 0.3) is 6.08 Å². The smallest absolute Gasteiger partial charge is 0.330 e. The summed E-state index contributed by atoms with van der Waals surface area (Å²) in [5.74, 6) is -0.138. The van der Waals surface area contributed by atoms with Gasteiger partial charge in [0.15, 0.2) is 0 Å². The number of phenols is 1. The van der Waals surface area contributed by atoms with E-state index in [9.17, 15) is 9.90 Å². The molecule has 122 valence electrons. The molecule has 0 amide bonds. The minimum atomic E-state index is -0.328. The predicted octanol–water partition coefficient (Wildman–Crippen LogP) is 5.09. The molecule has 0 aliphatic carbocycles. The van der Waals surface area contributed by atoms with Gasteiger partial charge in [0.2, 0.25) is 0 Å². The van der Waals surface area contributed by atoms with Gasteiger partial charge in [-0.15, -0.1) is 0 Å². The maximum absolute atomic E-state index is 11.5. The Labute approximate surface area is 134 Å². The Bertz CT molecular complexity index is 452. The van der Waals surface area contributed by atoms with Gasteiger partial charge >= 0.3 is 5.97 Å². The van der Waals surface area contributed by atoms with Crippen molar-refractivity contribution in [1.29, 1.82) is 0 Å². The van der Waals surface area contributed by atoms with Crippen molar-refractivity contribution < 1.29 is 14.6 Å². The summed E-state index contributed by atoms with van der Waals surface area (Å²) in [7, 11) is 0. The van der Waals surface area contributed by atoms with Crippen LogP contribution in [-0.2, 0) is 9.53 Å². The molecule has 0 radical (unpaired) electrons. The van der Waals surface area contributed by atoms with Crippen molar-refractivity contribution in [2.45, 2.75) is 58.3 Å². The van der Waals surface area contributed by atoms with Crippen molar-refractivity contribution in [3.63, 3.8) is 0 Å². The normalized spacial score (nSPS) is 11.0. The van der Waals surface area contributed by atoms with Crippen molar-refractivity contribution in [3.8, 4) is 5.75 Å². The van der Waals surface area contributed by atoms with E-state index in [1.165, 1.54) is 44.6 Å². The van der Waals surface area contributed by atoms with E-state index in [0.717, 1.165) is 18.4 Å². The molecule has 0 saturated heterocycles. The molecule has 1 aromatic carbocycles. The van der Waals surface area contributed by atoms with Crippen LogP contribution in [0.1, 0.15) is 63.9 Å². The van der Waals surface area contributed by atoms with E-state index >= 15 is 0 Å². The molecule has 0 atom stereocenters. The maximum atomic E-state index is 11.5. The molecule has 3 heteroatoms. The summed E-state index contributed by atoms with van der Waals surface area (Å²) in [6.45, 7) is 2.71. The molecule has 0 bridgehead atoms. The first-order valence-electron chi connectivity index (χ1n) is 8.36. The molecule has 0 aliphatic rings. The zero-order valence-corrected chi connectivity index (χ0v) is 13.6. The molecule has 22 heavy (non-hydrogen) atoms. The number of esters is 1. The first kappa shape index (κ1) is 18.3. The lowest BCUT2D eigenvalue weighted by atomic mass is 10.1. The van der Waals surface area contributed by atoms with Crippen LogP contribution in [0.2, 0.25) is 0 Å². The maximum Gasteiger partial charge on any atom is 0.330 e. The molecular weight excluding hydrogens is 276 g/mol. The minimum absolute atomic E-state index is 0.189. The number of phenolic OH excluding ortho intramolecular Hbond substituents is 1. The van der Waals surface area contributed by atoms with Crippen LogP contribution in [0.15, 0.2) is 30.3 Å². The summed E-state index contributed by atoms with van der Waals surface area (Å²) >= 11 is 0. The number of benzene rings is 1. The lowest BCUT2D eigenvalue weighted by molar-refractivity contribution is -0.137. The third kappa shape index (κ3) is 9.22. The van der Waals surface area contributed by atoms with Crippen LogP contribution in [0, 0.1) is 0 Å². The summed E-state index contributed by atoms with van der Waals surface area (Å²) in [6.07, 6.45) is 12.9. The van der Waals surface area contributed by atoms with Gasteiger partial charge in [-0.1, -0.05) is 64.0 Å². The van der Waals surface area contributed by atoms with E-state index < -0.39 is 0 Å². The first-order chi connectivity index (χ1) is 10.7. The van der Waals surface area contributed by atoms with Crippen LogP contribution < -0.4 is 0 Å². The van der Waals surface area contributed by atoms with Crippen molar-refractivity contribution >= 4 is 12.0 Å². The van der Waals surface area contributed by atoms with Crippen LogP contribution in [0.4, 0.5) is 0 Å². The van der Waals surface area contributed by atoms with E-state index in [0.29, 0.717) is 6.61 Å². The second-order valence-electron chi connectivity index (χ2n) is 5.57. The second kappa shape index (κ2) is 11.8. The number of rotatable bonds is 11. The lowest BCUT2D eigenvalue weighted by Gasteiger charge is -2.03. The summed E-state index contributed by atoms with van der Waals surface area (Å²) < 4.78 is 5.15. The van der Waals surface area contributed by atoms with Gasteiger partial charge in [0.1, 0.15) is 5.75 Å². The van der Waals surface area contributed by atoms with Crippen LogP contribution in [-0.4, -0.2) is 17.7 Å². The molecule has 1 aromatic rings. The van der Waals surface area contributed by atoms with Gasteiger partial charge in [0.05, 0.1) is 6.61 Å². The van der Waals surface area contributed by atoms with Gasteiger partial charge < -0.3 is 9.84 Å². The fourth-order valence-electron chi connectivity index (χ4n) is 2.25. The lowest BCUT2D eigenvalue weighted by Crippen LogP contribution is -2.02. The molecule has 0 aromatic heterocycles. The first-order valence-corrected chi connectivity index (χ1v) is 8.36. The number of carbonyl (C=O) groups is 1. The zero-order valence-electron chi connectivity index (χ0n) is 13.6. The quantitative estimate of drug-likeness (QED) is 0.352. The predicted molar refractivity (Wildman–Crippen MR) is 90.7 cm³/mol. The average molecular weight is 304 g/mol. The van der Waals surface area contributed by atoms with Gasteiger partial charge in [0.25, 0.3) is 0 Å². The van der Waals surface area contributed by atoms with Crippen LogP contribution >= 0.6 is 0 Å². The molecule has 0 aliphatic heterocycles. The van der Waals surface area contributed by atoms with E-state index in [-0.39, 0.29) is 11.7 Å². The molecule has 0 saturated carbocycles. The van der Waals surface area contributed by atoms with Crippen LogP contribution in [0.3, 0.4) is 0 Å². The molecule has 1 N–H and O–H groups in total. The highest BCUT2D eigenvalue weighted by Gasteiger charge is 1.98. The van der Waals surface area contributed by atoms with Crippen molar-refractivity contribution in [2.75, 3.05) is 6.61 Å². The average Bonchev–Trinajstić information content (AvgIpc) is 2.51. The van der Waals surface area contributed by atoms with Crippen molar-refractivity contribution in [3.05, 3.63) is 35.9 Å². The van der Waals surface area contributed by atoms with E-state index in [2.05, 4.69) is 6.92 Å². The third-order valence-electron chi connectivity index (χ3n) is 3.52. The summed E-state index contributed by atoms with van der Waals surface area (Å²) in [4.78, 5) is 11.5. The molecular formula is C19H28O3. The molecule has 0 fully saturated rings. The molecule has 0 unspecified atom stereocenters. The van der Waals surface area contributed by atoms with E-state index in [1.807, 2.05) is 6.07 Å². The Morgan fingerprint density at radius 1 is 1.09 bits per heavy atom. The Morgan fingerprint density at radius 3 is 2.45 bits per heavy atom. The van der Waals surface area contributed by atoms with Gasteiger partial charge in [-0.3, -0.25) is 0 Å². The summed E-state index contributed by atoms with van der Waals surface area (Å²) in [5.41, 5.74) is 0.782. The van der Waals surface area contributed by atoms with Crippen molar-refractivity contribution in [2.24, 2.45) is 0 Å². The van der Waals surface area contributed by atoms with Gasteiger partial charge in [-0.25, -0.2) is 4.79 Å². The fourth-order valence-corrected chi connectivity index (χ4v) is 2.25. The van der Waals surface area contributed by atoms with Crippen LogP contribution in [0.5, 0.6) is 5.75 Å². The number of hydrogen-bond acceptors (Lipinski definition) is 3. The SMILES string of the molecule is CCCCCCCCCCOC(=O)/C=C/c1cccc(O)c1. The third-order valence-corrected chi connectivity index (χ3v) is 3.52. The summed E-state index contributed by atoms with van der Waals surface area (Å²) in [6, 6.07) is 6.75. The Hall–Kier alpha value is -1.77. The fraction of sp³-hybridized carbons (Fsp3) is 0.526. The van der Waals surface area contributed by atoms with E-state index in [1.54, 1.807) is 24.3 Å². The Morgan fingerprint density at radius 2 is 1.77 bits per heavy atom. The molecule has 0 heterocycles. The Balaban J connectivity index is 2.04. The standard InChI is InChI=1S/C19H28O3/c1-2-3-4-5-6-7-8-9-15-22-19(21)14-13-17-11-10-12-18(20)16-17/h10-14,16,20H,2-9,15H2,1H3/b14-13+. The summed E-state index contributed by atoms with van der Waals surface area (Å²) in [5, 5.41) is 9.32. The highest BCUT2D eigenvalue weighted by atomic mass is 16.5. The molecule has 3 nitrogen and oxygen atoms in total. The topological polar surface area (TPSA) is 46.5 Å². The number of ether oxygens (including phenoxy) is 1.